The number of carbonyl (C=O) groups excluding carboxylic acids is 1. The van der Waals surface area contributed by atoms with Crippen molar-refractivity contribution in [3.8, 4) is 16.9 Å². The molecule has 0 radical (unpaired) electrons. The molecule has 0 aliphatic carbocycles. The van der Waals surface area contributed by atoms with Crippen LogP contribution in [0.2, 0.25) is 5.02 Å². The summed E-state index contributed by atoms with van der Waals surface area (Å²) >= 11 is 6.15. The number of nitrogens with zero attached hydrogens (tertiary/aromatic N) is 3. The maximum atomic E-state index is 13.7. The smallest absolute Gasteiger partial charge is 0.395 e. The summed E-state index contributed by atoms with van der Waals surface area (Å²) < 4.78 is 47.9. The molecule has 0 spiro atoms. The lowest BCUT2D eigenvalue weighted by Gasteiger charge is -2.27. The van der Waals surface area contributed by atoms with E-state index in [1.807, 2.05) is 0 Å². The van der Waals surface area contributed by atoms with Crippen LogP contribution in [0.3, 0.4) is 0 Å². The van der Waals surface area contributed by atoms with Crippen molar-refractivity contribution >= 4 is 34.6 Å². The molecule has 2 atom stereocenters. The van der Waals surface area contributed by atoms with Gasteiger partial charge < -0.3 is 15.8 Å². The third-order valence-corrected chi connectivity index (χ3v) is 6.54. The van der Waals surface area contributed by atoms with Crippen molar-refractivity contribution in [2.45, 2.75) is 32.0 Å². The van der Waals surface area contributed by atoms with Gasteiger partial charge in [-0.15, -0.1) is 0 Å². The van der Waals surface area contributed by atoms with Gasteiger partial charge in [-0.25, -0.2) is 0 Å². The number of aromatic nitrogens is 1. The van der Waals surface area contributed by atoms with Crippen LogP contribution in [0.4, 0.5) is 30.2 Å². The number of rotatable bonds is 5. The number of ether oxygens (including phenoxy) is 1. The van der Waals surface area contributed by atoms with Gasteiger partial charge in [0.15, 0.2) is 0 Å². The highest BCUT2D eigenvalue weighted by molar-refractivity contribution is 6.30. The summed E-state index contributed by atoms with van der Waals surface area (Å²) in [5.41, 5.74) is 7.63. The Kier molecular flexibility index (Phi) is 7.77. The number of pyridine rings is 1. The van der Waals surface area contributed by atoms with Crippen molar-refractivity contribution < 1.29 is 22.7 Å². The summed E-state index contributed by atoms with van der Waals surface area (Å²) in [7, 11) is 1.50. The van der Waals surface area contributed by atoms with Gasteiger partial charge in [-0.3, -0.25) is 14.2 Å². The third-order valence-electron chi connectivity index (χ3n) is 6.30. The first kappa shape index (κ1) is 27.2. The summed E-state index contributed by atoms with van der Waals surface area (Å²) in [6.07, 6.45) is -3.31. The molecule has 3 aromatic rings. The van der Waals surface area contributed by atoms with Gasteiger partial charge in [0.1, 0.15) is 24.1 Å². The van der Waals surface area contributed by atoms with Gasteiger partial charge in [-0.1, -0.05) is 24.6 Å². The van der Waals surface area contributed by atoms with Crippen LogP contribution < -0.4 is 21.3 Å². The minimum Gasteiger partial charge on any atom is -0.491 e. The van der Waals surface area contributed by atoms with E-state index in [1.54, 1.807) is 19.1 Å². The highest BCUT2D eigenvalue weighted by Crippen LogP contribution is 2.40. The van der Waals surface area contributed by atoms with E-state index in [0.717, 1.165) is 4.57 Å². The number of azo groups is 1. The van der Waals surface area contributed by atoms with Crippen LogP contribution in [0.5, 0.6) is 5.75 Å². The minimum atomic E-state index is -4.50. The first-order valence-corrected chi connectivity index (χ1v) is 12.1. The van der Waals surface area contributed by atoms with E-state index in [9.17, 15) is 22.8 Å². The van der Waals surface area contributed by atoms with E-state index < -0.39 is 36.2 Å². The zero-order chi connectivity index (χ0) is 27.6. The number of nitrogens with one attached hydrogen (secondary N) is 1. The van der Waals surface area contributed by atoms with Gasteiger partial charge in [-0.2, -0.15) is 23.4 Å². The van der Waals surface area contributed by atoms with Crippen LogP contribution in [-0.4, -0.2) is 30.3 Å². The van der Waals surface area contributed by atoms with Gasteiger partial charge >= 0.3 is 6.18 Å². The molecule has 0 saturated heterocycles. The molecule has 1 aliphatic heterocycles. The monoisotopic (exact) mass is 547 g/mol. The Morgan fingerprint density at radius 2 is 2.00 bits per heavy atom. The molecule has 2 unspecified atom stereocenters. The van der Waals surface area contributed by atoms with Crippen LogP contribution in [0.15, 0.2) is 63.7 Å². The summed E-state index contributed by atoms with van der Waals surface area (Å²) in [4.78, 5) is 26.4. The van der Waals surface area contributed by atoms with Crippen LogP contribution in [0, 0.1) is 5.92 Å². The van der Waals surface area contributed by atoms with E-state index >= 15 is 0 Å². The van der Waals surface area contributed by atoms with Gasteiger partial charge in [0.2, 0.25) is 5.91 Å². The number of benzene rings is 2. The van der Waals surface area contributed by atoms with Crippen molar-refractivity contribution in [1.29, 1.82) is 0 Å². The lowest BCUT2D eigenvalue weighted by atomic mass is 9.91. The number of hydrogen-bond donors (Lipinski definition) is 2. The predicted molar refractivity (Wildman–Crippen MR) is 139 cm³/mol. The Bertz CT molecular complexity index is 1460. The zero-order valence-electron chi connectivity index (χ0n) is 20.6. The van der Waals surface area contributed by atoms with Gasteiger partial charge in [-0.05, 0) is 54.3 Å². The highest BCUT2D eigenvalue weighted by atomic mass is 35.5. The number of fused-ring (bicyclic) bond motifs is 3. The molecule has 1 aliphatic rings. The molecule has 2 aromatic carbocycles. The molecule has 0 bridgehead atoms. The fraction of sp³-hybridized carbons (Fsp3) is 0.308. The molecule has 0 fully saturated rings. The second-order valence-corrected chi connectivity index (χ2v) is 9.28. The Hall–Kier alpha value is -3.86. The van der Waals surface area contributed by atoms with E-state index in [4.69, 9.17) is 22.1 Å². The number of amides is 1. The molecule has 2 heterocycles. The second kappa shape index (κ2) is 10.9. The number of hydrogen-bond acceptors (Lipinski definition) is 6. The first-order chi connectivity index (χ1) is 18.0. The first-order valence-electron chi connectivity index (χ1n) is 11.8. The maximum Gasteiger partial charge on any atom is 0.395 e. The Morgan fingerprint density at radius 1 is 1.24 bits per heavy atom. The average molecular weight is 548 g/mol. The minimum absolute atomic E-state index is 0.0480. The molecule has 12 heteroatoms. The fourth-order valence-electron chi connectivity index (χ4n) is 4.37. The number of alkyl halides is 3. The summed E-state index contributed by atoms with van der Waals surface area (Å²) in [6.45, 7) is 1.07. The normalized spacial score (nSPS) is 16.1. The van der Waals surface area contributed by atoms with Crippen molar-refractivity contribution in [3.05, 3.63) is 69.6 Å². The molecule has 1 aromatic heterocycles. The van der Waals surface area contributed by atoms with E-state index in [0.29, 0.717) is 38.8 Å². The Balaban J connectivity index is 1.72. The highest BCUT2D eigenvalue weighted by Gasteiger charge is 2.41. The van der Waals surface area contributed by atoms with Crippen molar-refractivity contribution in [2.75, 3.05) is 24.7 Å². The second-order valence-electron chi connectivity index (χ2n) is 8.84. The number of halogens is 4. The molecule has 1 amide bonds. The van der Waals surface area contributed by atoms with Crippen molar-refractivity contribution in [1.82, 2.24) is 4.57 Å². The SMILES string of the molecule is CCC(C(=O)Nc1ccc(N=NC)c(N)c1)n1cc2c(cc1=O)-c1cc(Cl)ccc1CC(C(F)(F)F)CO2. The topological polar surface area (TPSA) is 111 Å². The quantitative estimate of drug-likeness (QED) is 0.294. The van der Waals surface area contributed by atoms with Crippen LogP contribution in [0.1, 0.15) is 24.9 Å². The van der Waals surface area contributed by atoms with Gasteiger partial charge in [0, 0.05) is 29.4 Å². The van der Waals surface area contributed by atoms with Crippen LogP contribution in [-0.2, 0) is 11.2 Å². The molecule has 3 N–H and O–H groups in total. The summed E-state index contributed by atoms with van der Waals surface area (Å²) in [6, 6.07) is 9.53. The van der Waals surface area contributed by atoms with Crippen molar-refractivity contribution in [3.63, 3.8) is 0 Å². The van der Waals surface area contributed by atoms with Crippen LogP contribution in [0.25, 0.3) is 11.1 Å². The molecular weight excluding hydrogens is 523 g/mol. The molecule has 0 saturated carbocycles. The lowest BCUT2D eigenvalue weighted by molar-refractivity contribution is -0.181. The summed E-state index contributed by atoms with van der Waals surface area (Å²) in [5.74, 6) is -2.23. The Morgan fingerprint density at radius 3 is 2.66 bits per heavy atom. The molecule has 38 heavy (non-hydrogen) atoms. The predicted octanol–water partition coefficient (Wildman–Crippen LogP) is 6.17. The molecule has 200 valence electrons. The van der Waals surface area contributed by atoms with Gasteiger partial charge in [0.25, 0.3) is 5.56 Å². The molecule has 8 nitrogen and oxygen atoms in total. The Labute approximate surface area is 221 Å². The number of anilines is 2. The molecule has 4 rings (SSSR count). The lowest BCUT2D eigenvalue weighted by Crippen LogP contribution is -2.34. The van der Waals surface area contributed by atoms with Crippen LogP contribution >= 0.6 is 11.6 Å². The zero-order valence-corrected chi connectivity index (χ0v) is 21.3. The van der Waals surface area contributed by atoms with E-state index in [-0.39, 0.29) is 18.6 Å². The van der Waals surface area contributed by atoms with E-state index in [2.05, 4.69) is 15.5 Å². The third kappa shape index (κ3) is 5.67. The van der Waals surface area contributed by atoms with Crippen molar-refractivity contribution in [2.24, 2.45) is 16.1 Å². The largest absolute Gasteiger partial charge is 0.491 e. The molecular formula is C26H25ClF3N5O3. The van der Waals surface area contributed by atoms with Gasteiger partial charge in [0.05, 0.1) is 17.8 Å². The number of carbonyl (C=O) groups is 1. The number of nitrogens with two attached hydrogens (primary N) is 1. The average Bonchev–Trinajstić information content (AvgIpc) is 2.84. The maximum absolute atomic E-state index is 13.7. The fourth-order valence-corrected chi connectivity index (χ4v) is 4.54. The van der Waals surface area contributed by atoms with E-state index in [1.165, 1.54) is 43.6 Å². The standard InChI is InChI=1S/C26H25ClF3N5O3/c1-3-22(25(37)33-17-6-7-21(34-32-2)20(31)10-17)35-12-23-19(11-24(35)36)18-9-16(27)5-4-14(18)8-15(13-38-23)26(28,29)30/h4-7,9-12,15,22H,3,8,13,31H2,1-2H3,(H,33,37). The summed E-state index contributed by atoms with van der Waals surface area (Å²) in [5, 5.41) is 10.6. The number of nitrogen functional groups attached to an aromatic ring is 1.